The van der Waals surface area contributed by atoms with E-state index in [4.69, 9.17) is 15.8 Å². The highest BCUT2D eigenvalue weighted by molar-refractivity contribution is 9.10. The van der Waals surface area contributed by atoms with E-state index in [1.807, 2.05) is 42.5 Å². The van der Waals surface area contributed by atoms with Gasteiger partial charge >= 0.3 is 5.97 Å². The summed E-state index contributed by atoms with van der Waals surface area (Å²) in [5.74, 6) is -0.804. The Morgan fingerprint density at radius 2 is 1.76 bits per heavy atom. The lowest BCUT2D eigenvalue weighted by atomic mass is 10.1. The fourth-order valence-corrected chi connectivity index (χ4v) is 4.15. The number of carboxylic acid groups (broad SMARTS) is 1. The Labute approximate surface area is 201 Å². The van der Waals surface area contributed by atoms with Crippen molar-refractivity contribution in [2.24, 2.45) is 0 Å². The van der Waals surface area contributed by atoms with Crippen molar-refractivity contribution in [2.75, 3.05) is 5.73 Å². The van der Waals surface area contributed by atoms with E-state index in [2.05, 4.69) is 26.0 Å². The molecule has 0 saturated heterocycles. The van der Waals surface area contributed by atoms with Gasteiger partial charge in [0.2, 0.25) is 0 Å². The number of anilines is 1. The Balaban J connectivity index is 1.62. The molecule has 4 aromatic heterocycles. The molecule has 0 aliphatic carbocycles. The van der Waals surface area contributed by atoms with Gasteiger partial charge in [0.05, 0.1) is 22.1 Å². The third-order valence-electron chi connectivity index (χ3n) is 5.33. The summed E-state index contributed by atoms with van der Waals surface area (Å²) in [5.41, 5.74) is 10.8. The van der Waals surface area contributed by atoms with Crippen LogP contribution in [-0.2, 0) is 11.3 Å². The molecule has 0 radical (unpaired) electrons. The number of aromatic nitrogens is 5. The van der Waals surface area contributed by atoms with E-state index in [0.717, 1.165) is 27.0 Å². The number of nitrogens with two attached hydrogens (primary N) is 1. The third-order valence-corrected chi connectivity index (χ3v) is 6.11. The van der Waals surface area contributed by atoms with Gasteiger partial charge in [0.25, 0.3) is 5.56 Å². The zero-order valence-electron chi connectivity index (χ0n) is 17.6. The fraction of sp³-hybridized carbons (Fsp3) is 0.0417. The molecule has 5 rings (SSSR count). The zero-order chi connectivity index (χ0) is 23.8. The van der Waals surface area contributed by atoms with Crippen molar-refractivity contribution in [3.8, 4) is 33.6 Å². The summed E-state index contributed by atoms with van der Waals surface area (Å²) >= 11 is 3.47. The molecule has 0 aliphatic rings. The zero-order valence-corrected chi connectivity index (χ0v) is 19.2. The topological polar surface area (TPSA) is 128 Å². The average Bonchev–Trinajstić information content (AvgIpc) is 3.27. The second-order valence-corrected chi connectivity index (χ2v) is 8.32. The van der Waals surface area contributed by atoms with Crippen LogP contribution in [0.5, 0.6) is 0 Å². The number of pyridine rings is 2. The van der Waals surface area contributed by atoms with Gasteiger partial charge in [-0.3, -0.25) is 14.6 Å². The lowest BCUT2D eigenvalue weighted by molar-refractivity contribution is -0.137. The first kappa shape index (κ1) is 21.5. The maximum absolute atomic E-state index is 12.1. The quantitative estimate of drug-likeness (QED) is 0.364. The van der Waals surface area contributed by atoms with Gasteiger partial charge in [0.1, 0.15) is 12.4 Å². The molecule has 168 valence electrons. The third kappa shape index (κ3) is 3.84. The maximum Gasteiger partial charge on any atom is 0.323 e. The van der Waals surface area contributed by atoms with Crippen LogP contribution in [0.4, 0.5) is 5.82 Å². The van der Waals surface area contributed by atoms with E-state index >= 15 is 0 Å². The Morgan fingerprint density at radius 3 is 2.47 bits per heavy atom. The predicted octanol–water partition coefficient (Wildman–Crippen LogP) is 3.72. The van der Waals surface area contributed by atoms with Crippen LogP contribution in [-0.4, -0.2) is 35.2 Å². The highest BCUT2D eigenvalue weighted by atomic mass is 79.9. The molecular weight excluding hydrogens is 500 g/mol. The van der Waals surface area contributed by atoms with Crippen LogP contribution in [0.1, 0.15) is 0 Å². The predicted molar refractivity (Wildman–Crippen MR) is 131 cm³/mol. The minimum atomic E-state index is -1.12. The van der Waals surface area contributed by atoms with E-state index in [9.17, 15) is 9.59 Å². The van der Waals surface area contributed by atoms with E-state index in [0.29, 0.717) is 27.2 Å². The monoisotopic (exact) mass is 516 g/mol. The number of nitrogens with zero attached hydrogens (tertiary/aromatic N) is 5. The standard InChI is InChI=1S/C24H17BrN6O3/c25-21-22(16-7-9-19(32)30(12-16)13-20(33)34)29-24-17(11-28-31(24)23(21)26)15-6-8-18(27-10-15)14-4-2-1-3-5-14/h1-12H,13,26H2,(H,33,34). The molecule has 0 amide bonds. The van der Waals surface area contributed by atoms with Crippen LogP contribution in [0, 0.1) is 0 Å². The minimum absolute atomic E-state index is 0.316. The van der Waals surface area contributed by atoms with E-state index in [1.54, 1.807) is 18.5 Å². The van der Waals surface area contributed by atoms with Gasteiger partial charge in [0.15, 0.2) is 5.65 Å². The van der Waals surface area contributed by atoms with Gasteiger partial charge in [-0.25, -0.2) is 4.98 Å². The number of fused-ring (bicyclic) bond motifs is 1. The first-order valence-corrected chi connectivity index (χ1v) is 11.0. The summed E-state index contributed by atoms with van der Waals surface area (Å²) in [5, 5.41) is 13.5. The van der Waals surface area contributed by atoms with Crippen molar-refractivity contribution in [3.63, 3.8) is 0 Å². The molecule has 5 aromatic rings. The molecule has 0 unspecified atom stereocenters. The van der Waals surface area contributed by atoms with Gasteiger partial charge in [-0.05, 0) is 28.1 Å². The summed E-state index contributed by atoms with van der Waals surface area (Å²) in [6.45, 7) is -0.459. The summed E-state index contributed by atoms with van der Waals surface area (Å²) in [6.07, 6.45) is 4.87. The lowest BCUT2D eigenvalue weighted by Crippen LogP contribution is -2.22. The molecule has 0 fully saturated rings. The number of benzene rings is 1. The Hall–Kier alpha value is -4.31. The van der Waals surface area contributed by atoms with E-state index in [-0.39, 0.29) is 0 Å². The molecule has 0 spiro atoms. The average molecular weight is 517 g/mol. The number of rotatable bonds is 5. The van der Waals surface area contributed by atoms with Crippen LogP contribution in [0.3, 0.4) is 0 Å². The molecule has 0 atom stereocenters. The van der Waals surface area contributed by atoms with Crippen molar-refractivity contribution in [1.29, 1.82) is 0 Å². The van der Waals surface area contributed by atoms with Crippen LogP contribution in [0.2, 0.25) is 0 Å². The molecule has 0 saturated carbocycles. The van der Waals surface area contributed by atoms with Crippen molar-refractivity contribution < 1.29 is 9.90 Å². The molecule has 9 nitrogen and oxygen atoms in total. The minimum Gasteiger partial charge on any atom is -0.480 e. The summed E-state index contributed by atoms with van der Waals surface area (Å²) in [4.78, 5) is 32.5. The summed E-state index contributed by atoms with van der Waals surface area (Å²) in [7, 11) is 0. The molecule has 0 aliphatic heterocycles. The smallest absolute Gasteiger partial charge is 0.323 e. The van der Waals surface area contributed by atoms with E-state index < -0.39 is 18.1 Å². The summed E-state index contributed by atoms with van der Waals surface area (Å²) in [6, 6.07) is 16.6. The van der Waals surface area contributed by atoms with Crippen molar-refractivity contribution in [3.05, 3.63) is 88.0 Å². The summed E-state index contributed by atoms with van der Waals surface area (Å²) < 4.78 is 3.10. The first-order valence-electron chi connectivity index (χ1n) is 10.2. The van der Waals surface area contributed by atoms with Gasteiger partial charge in [-0.1, -0.05) is 36.4 Å². The molecule has 4 heterocycles. The number of carboxylic acids is 1. The van der Waals surface area contributed by atoms with Crippen molar-refractivity contribution >= 4 is 33.4 Å². The highest BCUT2D eigenvalue weighted by Crippen LogP contribution is 2.34. The van der Waals surface area contributed by atoms with Gasteiger partial charge in [0, 0.05) is 40.7 Å². The SMILES string of the molecule is Nc1c(Br)c(-c2ccc(=O)n(CC(=O)O)c2)nc2c(-c3ccc(-c4ccccc4)nc3)cnn12. The van der Waals surface area contributed by atoms with Gasteiger partial charge in [-0.2, -0.15) is 9.61 Å². The second-order valence-electron chi connectivity index (χ2n) is 7.53. The van der Waals surface area contributed by atoms with Crippen LogP contribution in [0.15, 0.2) is 82.5 Å². The molecule has 3 N–H and O–H groups in total. The van der Waals surface area contributed by atoms with Crippen LogP contribution >= 0.6 is 15.9 Å². The van der Waals surface area contributed by atoms with Crippen molar-refractivity contribution in [1.82, 2.24) is 24.1 Å². The Bertz CT molecular complexity index is 1590. The van der Waals surface area contributed by atoms with E-state index in [1.165, 1.54) is 16.8 Å². The number of carbonyl (C=O) groups is 1. The largest absolute Gasteiger partial charge is 0.480 e. The maximum atomic E-state index is 12.1. The van der Waals surface area contributed by atoms with Crippen LogP contribution in [0.25, 0.3) is 39.3 Å². The number of halogens is 1. The second kappa shape index (κ2) is 8.56. The van der Waals surface area contributed by atoms with Crippen LogP contribution < -0.4 is 11.3 Å². The molecular formula is C24H17BrN6O3. The van der Waals surface area contributed by atoms with Gasteiger partial charge < -0.3 is 15.4 Å². The van der Waals surface area contributed by atoms with Crippen molar-refractivity contribution in [2.45, 2.75) is 6.54 Å². The number of nitrogen functional groups attached to an aromatic ring is 1. The van der Waals surface area contributed by atoms with Gasteiger partial charge in [-0.15, -0.1) is 0 Å². The first-order chi connectivity index (χ1) is 16.4. The molecule has 1 aromatic carbocycles. The Kier molecular flexibility index (Phi) is 5.42. The lowest BCUT2D eigenvalue weighted by Gasteiger charge is -2.11. The molecule has 34 heavy (non-hydrogen) atoms. The normalized spacial score (nSPS) is 11.1. The molecule has 10 heteroatoms. The highest BCUT2D eigenvalue weighted by Gasteiger charge is 2.18. The molecule has 0 bridgehead atoms. The Morgan fingerprint density at radius 1 is 1.00 bits per heavy atom. The number of hydrogen-bond acceptors (Lipinski definition) is 6. The fourth-order valence-electron chi connectivity index (χ4n) is 3.66. The number of aliphatic carboxylic acids is 1. The number of hydrogen-bond donors (Lipinski definition) is 2.